The lowest BCUT2D eigenvalue weighted by Crippen LogP contribution is -2.07. The Labute approximate surface area is 127 Å². The van der Waals surface area contributed by atoms with Crippen LogP contribution in [-0.2, 0) is 13.2 Å². The van der Waals surface area contributed by atoms with Gasteiger partial charge in [0.2, 0.25) is 0 Å². The zero-order chi connectivity index (χ0) is 14.7. The summed E-state index contributed by atoms with van der Waals surface area (Å²) in [6.45, 7) is 7.01. The number of aromatic nitrogens is 2. The number of rotatable bonds is 5. The molecule has 0 aliphatic carbocycles. The molecule has 20 heavy (non-hydrogen) atoms. The van der Waals surface area contributed by atoms with Crippen LogP contribution in [-0.4, -0.2) is 14.9 Å². The standard InChI is InChI=1S/C15H19BrN2O2/c1-4-18-13(7-10(2)17-18)9-20-15-6-5-12(16)8-14(15)11(3)19/h5-8,11,19H,4,9H2,1-3H3/t11-/m0/s1. The topological polar surface area (TPSA) is 47.3 Å². The number of nitrogens with zero attached hydrogens (tertiary/aromatic N) is 2. The van der Waals surface area contributed by atoms with Crippen molar-refractivity contribution in [2.24, 2.45) is 0 Å². The van der Waals surface area contributed by atoms with Crippen LogP contribution < -0.4 is 4.74 Å². The van der Waals surface area contributed by atoms with Gasteiger partial charge in [0.1, 0.15) is 12.4 Å². The highest BCUT2D eigenvalue weighted by Crippen LogP contribution is 2.29. The van der Waals surface area contributed by atoms with Crippen molar-refractivity contribution in [3.05, 3.63) is 45.7 Å². The van der Waals surface area contributed by atoms with E-state index in [1.807, 2.05) is 35.9 Å². The van der Waals surface area contributed by atoms with E-state index in [0.717, 1.165) is 28.0 Å². The number of aliphatic hydroxyl groups excluding tert-OH is 1. The summed E-state index contributed by atoms with van der Waals surface area (Å²) in [6, 6.07) is 7.67. The SMILES string of the molecule is CCn1nc(C)cc1COc1ccc(Br)cc1[C@H](C)O. The first-order chi connectivity index (χ1) is 9.51. The first-order valence-corrected chi connectivity index (χ1v) is 7.44. The lowest BCUT2D eigenvalue weighted by atomic mass is 10.1. The molecule has 1 heterocycles. The van der Waals surface area contributed by atoms with Gasteiger partial charge in [-0.25, -0.2) is 0 Å². The third-order valence-electron chi connectivity index (χ3n) is 3.08. The van der Waals surface area contributed by atoms with Crippen molar-refractivity contribution in [1.29, 1.82) is 0 Å². The zero-order valence-corrected chi connectivity index (χ0v) is 13.5. The summed E-state index contributed by atoms with van der Waals surface area (Å²) in [5.74, 6) is 0.699. The van der Waals surface area contributed by atoms with Crippen molar-refractivity contribution >= 4 is 15.9 Å². The molecule has 1 aromatic heterocycles. The van der Waals surface area contributed by atoms with Gasteiger partial charge >= 0.3 is 0 Å². The summed E-state index contributed by atoms with van der Waals surface area (Å²) in [4.78, 5) is 0. The number of aryl methyl sites for hydroxylation is 2. The van der Waals surface area contributed by atoms with E-state index in [2.05, 4.69) is 28.0 Å². The predicted octanol–water partition coefficient (Wildman–Crippen LogP) is 3.61. The Morgan fingerprint density at radius 3 is 2.80 bits per heavy atom. The zero-order valence-electron chi connectivity index (χ0n) is 11.9. The Kier molecular flexibility index (Phi) is 4.83. The molecule has 1 atom stereocenters. The molecule has 0 fully saturated rings. The first-order valence-electron chi connectivity index (χ1n) is 6.65. The van der Waals surface area contributed by atoms with Crippen molar-refractivity contribution in [3.63, 3.8) is 0 Å². The van der Waals surface area contributed by atoms with Gasteiger partial charge in [0.15, 0.2) is 0 Å². The van der Waals surface area contributed by atoms with Crippen molar-refractivity contribution < 1.29 is 9.84 Å². The fourth-order valence-electron chi connectivity index (χ4n) is 2.12. The molecule has 2 aromatic rings. The number of benzene rings is 1. The molecular weight excluding hydrogens is 320 g/mol. The van der Waals surface area contributed by atoms with Gasteiger partial charge < -0.3 is 9.84 Å². The number of hydrogen-bond donors (Lipinski definition) is 1. The van der Waals surface area contributed by atoms with Gasteiger partial charge in [0.05, 0.1) is 17.5 Å². The Hall–Kier alpha value is -1.33. The van der Waals surface area contributed by atoms with Gasteiger partial charge in [0.25, 0.3) is 0 Å². The highest BCUT2D eigenvalue weighted by atomic mass is 79.9. The third-order valence-corrected chi connectivity index (χ3v) is 3.58. The second kappa shape index (κ2) is 6.41. The van der Waals surface area contributed by atoms with Gasteiger partial charge in [0, 0.05) is 16.6 Å². The van der Waals surface area contributed by atoms with Gasteiger partial charge in [-0.3, -0.25) is 4.68 Å². The van der Waals surface area contributed by atoms with Crippen LogP contribution in [0.3, 0.4) is 0 Å². The van der Waals surface area contributed by atoms with E-state index in [-0.39, 0.29) is 0 Å². The van der Waals surface area contributed by atoms with Crippen LogP contribution >= 0.6 is 15.9 Å². The van der Waals surface area contributed by atoms with Gasteiger partial charge in [-0.2, -0.15) is 5.10 Å². The Bertz CT molecular complexity index is 594. The van der Waals surface area contributed by atoms with Crippen LogP contribution in [0.4, 0.5) is 0 Å². The van der Waals surface area contributed by atoms with E-state index >= 15 is 0 Å². The number of aliphatic hydroxyl groups is 1. The lowest BCUT2D eigenvalue weighted by Gasteiger charge is -2.14. The summed E-state index contributed by atoms with van der Waals surface area (Å²) in [5.41, 5.74) is 2.79. The minimum absolute atomic E-state index is 0.441. The monoisotopic (exact) mass is 338 g/mol. The van der Waals surface area contributed by atoms with E-state index < -0.39 is 6.10 Å². The van der Waals surface area contributed by atoms with Gasteiger partial charge in [-0.15, -0.1) is 0 Å². The maximum Gasteiger partial charge on any atom is 0.130 e. The van der Waals surface area contributed by atoms with E-state index in [0.29, 0.717) is 12.4 Å². The maximum atomic E-state index is 9.81. The molecule has 0 amide bonds. The molecule has 0 unspecified atom stereocenters. The van der Waals surface area contributed by atoms with Gasteiger partial charge in [-0.1, -0.05) is 15.9 Å². The third kappa shape index (κ3) is 3.41. The smallest absolute Gasteiger partial charge is 0.130 e. The second-order valence-electron chi connectivity index (χ2n) is 4.74. The van der Waals surface area contributed by atoms with Crippen LogP contribution in [0.5, 0.6) is 5.75 Å². The molecule has 2 rings (SSSR count). The van der Waals surface area contributed by atoms with E-state index in [1.54, 1.807) is 6.92 Å². The van der Waals surface area contributed by atoms with E-state index in [9.17, 15) is 5.11 Å². The van der Waals surface area contributed by atoms with Crippen LogP contribution in [0.1, 0.15) is 36.9 Å². The minimum Gasteiger partial charge on any atom is -0.487 e. The maximum absolute atomic E-state index is 9.81. The summed E-state index contributed by atoms with van der Waals surface area (Å²) in [5, 5.41) is 14.2. The molecule has 0 aliphatic rings. The molecule has 108 valence electrons. The lowest BCUT2D eigenvalue weighted by molar-refractivity contribution is 0.189. The second-order valence-corrected chi connectivity index (χ2v) is 5.66. The highest BCUT2D eigenvalue weighted by Gasteiger charge is 2.11. The first kappa shape index (κ1) is 15.1. The number of halogens is 1. The van der Waals surface area contributed by atoms with Crippen molar-refractivity contribution in [2.75, 3.05) is 0 Å². The molecule has 0 saturated heterocycles. The van der Waals surface area contributed by atoms with Crippen LogP contribution in [0.15, 0.2) is 28.7 Å². The molecule has 0 aliphatic heterocycles. The largest absolute Gasteiger partial charge is 0.487 e. The summed E-state index contributed by atoms with van der Waals surface area (Å²) in [6.07, 6.45) is -0.569. The molecule has 5 heteroatoms. The molecule has 0 spiro atoms. The fourth-order valence-corrected chi connectivity index (χ4v) is 2.50. The van der Waals surface area contributed by atoms with Crippen molar-refractivity contribution in [2.45, 2.75) is 40.0 Å². The summed E-state index contributed by atoms with van der Waals surface area (Å²) in [7, 11) is 0. The average molecular weight is 339 g/mol. The Morgan fingerprint density at radius 2 is 2.15 bits per heavy atom. The molecule has 1 N–H and O–H groups in total. The molecule has 0 radical (unpaired) electrons. The molecule has 4 nitrogen and oxygen atoms in total. The average Bonchev–Trinajstić information content (AvgIpc) is 2.77. The van der Waals surface area contributed by atoms with E-state index in [4.69, 9.17) is 4.74 Å². The Morgan fingerprint density at radius 1 is 1.40 bits per heavy atom. The molecule has 0 bridgehead atoms. The van der Waals surface area contributed by atoms with E-state index in [1.165, 1.54) is 0 Å². The number of ether oxygens (including phenoxy) is 1. The fraction of sp³-hybridized carbons (Fsp3) is 0.400. The molecule has 1 aromatic carbocycles. The van der Waals surface area contributed by atoms with Crippen LogP contribution in [0.25, 0.3) is 0 Å². The number of hydrogen-bond acceptors (Lipinski definition) is 3. The Balaban J connectivity index is 2.18. The van der Waals surface area contributed by atoms with Crippen LogP contribution in [0.2, 0.25) is 0 Å². The van der Waals surface area contributed by atoms with Crippen molar-refractivity contribution in [1.82, 2.24) is 9.78 Å². The van der Waals surface area contributed by atoms with Crippen molar-refractivity contribution in [3.8, 4) is 5.75 Å². The van der Waals surface area contributed by atoms with Gasteiger partial charge in [-0.05, 0) is 45.0 Å². The summed E-state index contributed by atoms with van der Waals surface area (Å²) >= 11 is 3.41. The molecular formula is C15H19BrN2O2. The molecule has 0 saturated carbocycles. The summed E-state index contributed by atoms with van der Waals surface area (Å²) < 4.78 is 8.71. The quantitative estimate of drug-likeness (QED) is 0.905. The predicted molar refractivity (Wildman–Crippen MR) is 81.7 cm³/mol. The van der Waals surface area contributed by atoms with Crippen LogP contribution in [0, 0.1) is 6.92 Å². The normalized spacial score (nSPS) is 12.4. The minimum atomic E-state index is -0.569. The highest BCUT2D eigenvalue weighted by molar-refractivity contribution is 9.10.